The van der Waals surface area contributed by atoms with Crippen LogP contribution < -0.4 is 4.80 Å². The van der Waals surface area contributed by atoms with Gasteiger partial charge in [0.05, 0.1) is 16.8 Å². The van der Waals surface area contributed by atoms with Crippen molar-refractivity contribution in [2.75, 3.05) is 13.2 Å². The molecule has 0 bridgehead atoms. The van der Waals surface area contributed by atoms with Crippen LogP contribution in [0.1, 0.15) is 6.92 Å². The molecule has 0 saturated carbocycles. The number of aromatic nitrogens is 4. The number of halogens is 1. The highest BCUT2D eigenvalue weighted by Gasteiger charge is 2.09. The minimum Gasteiger partial charge on any atom is -0.380 e. The van der Waals surface area contributed by atoms with Crippen LogP contribution in [0.15, 0.2) is 35.8 Å². The maximum absolute atomic E-state index is 13.5. The third-order valence-electron chi connectivity index (χ3n) is 3.29. The van der Waals surface area contributed by atoms with Crippen molar-refractivity contribution < 1.29 is 13.9 Å². The minimum atomic E-state index is -0.349. The zero-order valence-corrected chi connectivity index (χ0v) is 13.9. The lowest BCUT2D eigenvalue weighted by Gasteiger charge is -2.05. The van der Waals surface area contributed by atoms with Gasteiger partial charge in [0.2, 0.25) is 0 Å². The standard InChI is InChI=1S/C15H16FN5O2S/c1-2-23-6-5-21-12-4-3-11(16)7-13(12)24-15(21)19-14(22)8-20-10-17-9-18-20/h3-4,7,9-10H,2,5-6,8H2,1H3. The zero-order chi connectivity index (χ0) is 16.9. The van der Waals surface area contributed by atoms with Crippen LogP contribution in [0.4, 0.5) is 4.39 Å². The lowest BCUT2D eigenvalue weighted by molar-refractivity contribution is -0.118. The Labute approximate surface area is 141 Å². The van der Waals surface area contributed by atoms with Crippen LogP contribution in [0.3, 0.4) is 0 Å². The van der Waals surface area contributed by atoms with Gasteiger partial charge in [-0.05, 0) is 25.1 Å². The molecule has 1 amide bonds. The predicted molar refractivity (Wildman–Crippen MR) is 86.9 cm³/mol. The smallest absolute Gasteiger partial charge is 0.270 e. The molecule has 0 radical (unpaired) electrons. The normalized spacial score (nSPS) is 12.2. The summed E-state index contributed by atoms with van der Waals surface area (Å²) in [5.74, 6) is -0.668. The van der Waals surface area contributed by atoms with Crippen LogP contribution in [0, 0.1) is 5.82 Å². The molecule has 0 spiro atoms. The van der Waals surface area contributed by atoms with Gasteiger partial charge in [0, 0.05) is 13.2 Å². The summed E-state index contributed by atoms with van der Waals surface area (Å²) in [6.07, 6.45) is 2.81. The topological polar surface area (TPSA) is 74.3 Å². The molecule has 0 saturated heterocycles. The summed E-state index contributed by atoms with van der Waals surface area (Å²) in [4.78, 5) is 20.6. The third kappa shape index (κ3) is 3.74. The minimum absolute atomic E-state index is 0.00800. The van der Waals surface area contributed by atoms with Gasteiger partial charge in [-0.2, -0.15) is 10.1 Å². The summed E-state index contributed by atoms with van der Waals surface area (Å²) in [5.41, 5.74) is 0.827. The molecule has 2 heterocycles. The second-order valence-electron chi connectivity index (χ2n) is 4.94. The van der Waals surface area contributed by atoms with Crippen molar-refractivity contribution in [1.29, 1.82) is 0 Å². The Hall–Kier alpha value is -2.39. The third-order valence-corrected chi connectivity index (χ3v) is 4.33. The van der Waals surface area contributed by atoms with Gasteiger partial charge in [0.25, 0.3) is 5.91 Å². The highest BCUT2D eigenvalue weighted by atomic mass is 32.1. The molecule has 0 N–H and O–H groups in total. The van der Waals surface area contributed by atoms with Gasteiger partial charge < -0.3 is 9.30 Å². The van der Waals surface area contributed by atoms with Crippen molar-refractivity contribution in [3.05, 3.63) is 41.5 Å². The fourth-order valence-electron chi connectivity index (χ4n) is 2.24. The van der Waals surface area contributed by atoms with E-state index in [1.165, 1.54) is 40.8 Å². The number of hydrogen-bond donors (Lipinski definition) is 0. The van der Waals surface area contributed by atoms with Crippen LogP contribution >= 0.6 is 11.3 Å². The molecule has 3 aromatic rings. The highest BCUT2D eigenvalue weighted by molar-refractivity contribution is 7.16. The average Bonchev–Trinajstić information content (AvgIpc) is 3.15. The fourth-order valence-corrected chi connectivity index (χ4v) is 3.34. The maximum atomic E-state index is 13.5. The molecule has 0 aliphatic carbocycles. The quantitative estimate of drug-likeness (QED) is 0.634. The van der Waals surface area contributed by atoms with Crippen molar-refractivity contribution in [3.8, 4) is 0 Å². The molecule has 0 fully saturated rings. The van der Waals surface area contributed by atoms with Gasteiger partial charge in [-0.25, -0.2) is 14.1 Å². The van der Waals surface area contributed by atoms with Gasteiger partial charge >= 0.3 is 0 Å². The van der Waals surface area contributed by atoms with Crippen molar-refractivity contribution >= 4 is 27.5 Å². The Morgan fingerprint density at radius 3 is 3.08 bits per heavy atom. The van der Waals surface area contributed by atoms with Crippen LogP contribution in [0.25, 0.3) is 10.2 Å². The van der Waals surface area contributed by atoms with Crippen molar-refractivity contribution in [2.24, 2.45) is 4.99 Å². The van der Waals surface area contributed by atoms with Crippen LogP contribution in [0.5, 0.6) is 0 Å². The molecule has 0 unspecified atom stereocenters. The first-order valence-electron chi connectivity index (χ1n) is 7.44. The number of carbonyl (C=O) groups is 1. The summed E-state index contributed by atoms with van der Waals surface area (Å²) in [5, 5.41) is 3.89. The predicted octanol–water partition coefficient (Wildman–Crippen LogP) is 1.60. The van der Waals surface area contributed by atoms with Gasteiger partial charge in [0.1, 0.15) is 25.0 Å². The average molecular weight is 349 g/mol. The van der Waals surface area contributed by atoms with Gasteiger partial charge in [0.15, 0.2) is 4.80 Å². The monoisotopic (exact) mass is 349 g/mol. The summed E-state index contributed by atoms with van der Waals surface area (Å²) >= 11 is 1.27. The summed E-state index contributed by atoms with van der Waals surface area (Å²) in [6.45, 7) is 3.56. The summed E-state index contributed by atoms with van der Waals surface area (Å²) in [7, 11) is 0. The van der Waals surface area contributed by atoms with Crippen molar-refractivity contribution in [2.45, 2.75) is 20.0 Å². The zero-order valence-electron chi connectivity index (χ0n) is 13.1. The number of carbonyl (C=O) groups excluding carboxylic acids is 1. The first-order chi connectivity index (χ1) is 11.7. The Kier molecular flexibility index (Phi) is 5.11. The lowest BCUT2D eigenvalue weighted by atomic mass is 10.3. The Morgan fingerprint density at radius 2 is 2.33 bits per heavy atom. The van der Waals surface area contributed by atoms with E-state index in [4.69, 9.17) is 4.74 Å². The van der Waals surface area contributed by atoms with E-state index in [0.29, 0.717) is 24.6 Å². The Bertz CT molecular complexity index is 900. The molecule has 2 aromatic heterocycles. The number of rotatable bonds is 6. The molecule has 0 aliphatic rings. The molecule has 1 aromatic carbocycles. The first kappa shape index (κ1) is 16.5. The van der Waals surface area contributed by atoms with E-state index in [1.807, 2.05) is 11.5 Å². The second kappa shape index (κ2) is 7.45. The molecule has 0 aliphatic heterocycles. The van der Waals surface area contributed by atoms with E-state index < -0.39 is 0 Å². The number of amides is 1. The number of hydrogen-bond acceptors (Lipinski definition) is 5. The Balaban J connectivity index is 1.96. The molecule has 7 nitrogen and oxygen atoms in total. The van der Waals surface area contributed by atoms with Crippen LogP contribution in [-0.4, -0.2) is 38.5 Å². The van der Waals surface area contributed by atoms with Gasteiger partial charge in [-0.15, -0.1) is 0 Å². The number of thiazole rings is 1. The van der Waals surface area contributed by atoms with E-state index in [0.717, 1.165) is 10.2 Å². The number of fused-ring (bicyclic) bond motifs is 1. The number of nitrogens with zero attached hydrogens (tertiary/aromatic N) is 5. The van der Waals surface area contributed by atoms with E-state index in [-0.39, 0.29) is 18.3 Å². The number of benzene rings is 1. The van der Waals surface area contributed by atoms with Crippen molar-refractivity contribution in [1.82, 2.24) is 19.3 Å². The maximum Gasteiger partial charge on any atom is 0.270 e. The Morgan fingerprint density at radius 1 is 1.46 bits per heavy atom. The highest BCUT2D eigenvalue weighted by Crippen LogP contribution is 2.18. The van der Waals surface area contributed by atoms with Gasteiger partial charge in [-0.3, -0.25) is 4.79 Å². The number of ether oxygens (including phenoxy) is 1. The fraction of sp³-hybridized carbons (Fsp3) is 0.333. The largest absolute Gasteiger partial charge is 0.380 e. The molecule has 24 heavy (non-hydrogen) atoms. The molecule has 126 valence electrons. The van der Waals surface area contributed by atoms with E-state index in [9.17, 15) is 9.18 Å². The second-order valence-corrected chi connectivity index (χ2v) is 5.95. The van der Waals surface area contributed by atoms with E-state index >= 15 is 0 Å². The SMILES string of the molecule is CCOCCn1c(=NC(=O)Cn2cncn2)sc2cc(F)ccc21. The molecular weight excluding hydrogens is 333 g/mol. The molecular formula is C15H16FN5O2S. The van der Waals surface area contributed by atoms with E-state index in [1.54, 1.807) is 6.07 Å². The molecule has 3 rings (SSSR count). The first-order valence-corrected chi connectivity index (χ1v) is 8.25. The van der Waals surface area contributed by atoms with E-state index in [2.05, 4.69) is 15.1 Å². The lowest BCUT2D eigenvalue weighted by Crippen LogP contribution is -2.21. The summed E-state index contributed by atoms with van der Waals surface area (Å²) < 4.78 is 22.9. The van der Waals surface area contributed by atoms with Crippen LogP contribution in [0.2, 0.25) is 0 Å². The van der Waals surface area contributed by atoms with Crippen molar-refractivity contribution in [3.63, 3.8) is 0 Å². The molecule has 9 heteroatoms. The summed E-state index contributed by atoms with van der Waals surface area (Å²) in [6, 6.07) is 4.53. The molecule has 0 atom stereocenters. The van der Waals surface area contributed by atoms with Gasteiger partial charge in [-0.1, -0.05) is 11.3 Å². The van der Waals surface area contributed by atoms with Crippen LogP contribution in [-0.2, 0) is 22.6 Å².